The molecule has 0 saturated heterocycles. The Balaban J connectivity index is 2.98. The summed E-state index contributed by atoms with van der Waals surface area (Å²) in [7, 11) is 0. The fraction of sp³-hybridized carbons (Fsp3) is 0. The van der Waals surface area contributed by atoms with Crippen molar-refractivity contribution < 1.29 is 0 Å². The number of rotatable bonds is 3. The highest BCUT2D eigenvalue weighted by atomic mass is 14.7. The number of nitrogens with zero attached hydrogens (tertiary/aromatic N) is 1. The topological polar surface area (TPSA) is 12.9 Å². The summed E-state index contributed by atoms with van der Waals surface area (Å²) in [4.78, 5) is 4.54. The average molecular weight is 207 g/mol. The molecule has 1 heterocycles. The highest BCUT2D eigenvalue weighted by Gasteiger charge is 2.07. The molecule has 1 aromatic carbocycles. The van der Waals surface area contributed by atoms with Crippen molar-refractivity contribution >= 4 is 29.1 Å². The largest absolute Gasteiger partial charge is 0.248 e. The first-order valence-corrected chi connectivity index (χ1v) is 5.12. The molecule has 0 spiro atoms. The molecule has 0 aliphatic carbocycles. The monoisotopic (exact) mass is 207 g/mol. The Bertz CT molecular complexity index is 579. The second-order valence-electron chi connectivity index (χ2n) is 3.45. The summed E-state index contributed by atoms with van der Waals surface area (Å²) in [6, 6.07) is 8.00. The number of benzene rings is 1. The zero-order valence-corrected chi connectivity index (χ0v) is 9.11. The first-order valence-electron chi connectivity index (χ1n) is 5.12. The number of pyridine rings is 1. The van der Waals surface area contributed by atoms with Crippen molar-refractivity contribution in [2.75, 3.05) is 0 Å². The first-order chi connectivity index (χ1) is 7.81. The van der Waals surface area contributed by atoms with E-state index in [0.717, 1.165) is 27.7 Å². The molecule has 1 aromatic heterocycles. The van der Waals surface area contributed by atoms with Gasteiger partial charge >= 0.3 is 0 Å². The minimum atomic E-state index is 0.851. The molecule has 0 amide bonds. The van der Waals surface area contributed by atoms with Crippen LogP contribution in [0.5, 0.6) is 0 Å². The van der Waals surface area contributed by atoms with E-state index in [9.17, 15) is 0 Å². The lowest BCUT2D eigenvalue weighted by atomic mass is 10.0. The molecule has 0 aliphatic rings. The molecule has 2 aromatic rings. The van der Waals surface area contributed by atoms with Gasteiger partial charge in [-0.05, 0) is 17.7 Å². The molecule has 0 saturated carbocycles. The van der Waals surface area contributed by atoms with Crippen LogP contribution in [0.2, 0.25) is 0 Å². The maximum atomic E-state index is 4.54. The van der Waals surface area contributed by atoms with Gasteiger partial charge in [-0.3, -0.25) is 0 Å². The van der Waals surface area contributed by atoms with E-state index in [1.165, 1.54) is 0 Å². The van der Waals surface area contributed by atoms with Crippen molar-refractivity contribution in [3.63, 3.8) is 0 Å². The number of hydrogen-bond donors (Lipinski definition) is 0. The van der Waals surface area contributed by atoms with Gasteiger partial charge in [0.25, 0.3) is 0 Å². The Morgan fingerprint density at radius 2 is 1.56 bits per heavy atom. The predicted molar refractivity (Wildman–Crippen MR) is 72.0 cm³/mol. The van der Waals surface area contributed by atoms with Gasteiger partial charge < -0.3 is 0 Å². The van der Waals surface area contributed by atoms with Crippen molar-refractivity contribution in [2.45, 2.75) is 0 Å². The minimum Gasteiger partial charge on any atom is -0.248 e. The standard InChI is InChI=1S/C15H13N/c1-4-11-12(5-2)14(6-3)16-15-10-8-7-9-13(11)15/h4-10H,1-3H2. The number of aromatic nitrogens is 1. The molecule has 0 aliphatic heterocycles. The van der Waals surface area contributed by atoms with E-state index in [-0.39, 0.29) is 0 Å². The van der Waals surface area contributed by atoms with Crippen molar-refractivity contribution in [3.8, 4) is 0 Å². The maximum Gasteiger partial charge on any atom is 0.0715 e. The van der Waals surface area contributed by atoms with Gasteiger partial charge in [-0.1, -0.05) is 50.1 Å². The summed E-state index contributed by atoms with van der Waals surface area (Å²) < 4.78 is 0. The third kappa shape index (κ3) is 1.47. The molecule has 2 rings (SSSR count). The number of para-hydroxylation sites is 1. The summed E-state index contributed by atoms with van der Waals surface area (Å²) in [6.07, 6.45) is 5.39. The first kappa shape index (κ1) is 10.4. The van der Waals surface area contributed by atoms with Crippen LogP contribution >= 0.6 is 0 Å². The summed E-state index contributed by atoms with van der Waals surface area (Å²) in [5, 5.41) is 1.10. The summed E-state index contributed by atoms with van der Waals surface area (Å²) in [5.74, 6) is 0. The molecule has 0 unspecified atom stereocenters. The summed E-state index contributed by atoms with van der Waals surface area (Å²) in [5.41, 5.74) is 3.86. The van der Waals surface area contributed by atoms with Crippen LogP contribution in [-0.2, 0) is 0 Å². The molecule has 1 heteroatoms. The van der Waals surface area contributed by atoms with Gasteiger partial charge in [-0.15, -0.1) is 0 Å². The lowest BCUT2D eigenvalue weighted by Gasteiger charge is -2.09. The van der Waals surface area contributed by atoms with E-state index < -0.39 is 0 Å². The maximum absolute atomic E-state index is 4.54. The minimum absolute atomic E-state index is 0.851. The Morgan fingerprint density at radius 3 is 2.19 bits per heavy atom. The fourth-order valence-corrected chi connectivity index (χ4v) is 1.86. The van der Waals surface area contributed by atoms with Gasteiger partial charge in [0.1, 0.15) is 0 Å². The van der Waals surface area contributed by atoms with E-state index in [1.54, 1.807) is 12.2 Å². The van der Waals surface area contributed by atoms with Crippen LogP contribution in [-0.4, -0.2) is 4.98 Å². The van der Waals surface area contributed by atoms with Gasteiger partial charge in [0.15, 0.2) is 0 Å². The van der Waals surface area contributed by atoms with Gasteiger partial charge in [0, 0.05) is 10.9 Å². The van der Waals surface area contributed by atoms with Crippen LogP contribution in [0.3, 0.4) is 0 Å². The highest BCUT2D eigenvalue weighted by Crippen LogP contribution is 2.25. The van der Waals surface area contributed by atoms with Crippen LogP contribution in [0.25, 0.3) is 29.1 Å². The van der Waals surface area contributed by atoms with Crippen molar-refractivity contribution in [2.24, 2.45) is 0 Å². The lowest BCUT2D eigenvalue weighted by Crippen LogP contribution is -1.93. The zero-order chi connectivity index (χ0) is 11.5. The van der Waals surface area contributed by atoms with E-state index >= 15 is 0 Å². The lowest BCUT2D eigenvalue weighted by molar-refractivity contribution is 1.35. The van der Waals surface area contributed by atoms with Gasteiger partial charge in [-0.25, -0.2) is 4.98 Å². The Morgan fingerprint density at radius 1 is 0.875 bits per heavy atom. The Hall–Kier alpha value is -2.15. The van der Waals surface area contributed by atoms with E-state index in [1.807, 2.05) is 30.3 Å². The average Bonchev–Trinajstić information content (AvgIpc) is 2.36. The predicted octanol–water partition coefficient (Wildman–Crippen LogP) is 4.16. The summed E-state index contributed by atoms with van der Waals surface area (Å²) in [6.45, 7) is 11.5. The van der Waals surface area contributed by atoms with E-state index in [4.69, 9.17) is 0 Å². The molecule has 78 valence electrons. The van der Waals surface area contributed by atoms with Gasteiger partial charge in [0.2, 0.25) is 0 Å². The molecule has 16 heavy (non-hydrogen) atoms. The van der Waals surface area contributed by atoms with Crippen LogP contribution in [0.15, 0.2) is 44.0 Å². The normalized spacial score (nSPS) is 10.0. The molecular weight excluding hydrogens is 194 g/mol. The van der Waals surface area contributed by atoms with Gasteiger partial charge in [0.05, 0.1) is 11.2 Å². The smallest absolute Gasteiger partial charge is 0.0715 e. The fourth-order valence-electron chi connectivity index (χ4n) is 1.86. The van der Waals surface area contributed by atoms with E-state index in [0.29, 0.717) is 0 Å². The molecule has 0 atom stereocenters. The SMILES string of the molecule is C=Cc1nc2ccccc2c(C=C)c1C=C. The molecule has 0 N–H and O–H groups in total. The number of hydrogen-bond acceptors (Lipinski definition) is 1. The molecule has 1 nitrogen and oxygen atoms in total. The molecule has 0 fully saturated rings. The zero-order valence-electron chi connectivity index (χ0n) is 9.11. The quantitative estimate of drug-likeness (QED) is 0.736. The highest BCUT2D eigenvalue weighted by molar-refractivity contribution is 5.93. The second kappa shape index (κ2) is 4.15. The number of fused-ring (bicyclic) bond motifs is 1. The summed E-state index contributed by atoms with van der Waals surface area (Å²) >= 11 is 0. The van der Waals surface area contributed by atoms with Crippen LogP contribution in [0.1, 0.15) is 16.8 Å². The third-order valence-electron chi connectivity index (χ3n) is 2.60. The second-order valence-corrected chi connectivity index (χ2v) is 3.45. The van der Waals surface area contributed by atoms with Crippen LogP contribution in [0.4, 0.5) is 0 Å². The Kier molecular flexibility index (Phi) is 2.69. The van der Waals surface area contributed by atoms with Gasteiger partial charge in [-0.2, -0.15) is 0 Å². The van der Waals surface area contributed by atoms with Crippen LogP contribution in [0, 0.1) is 0 Å². The van der Waals surface area contributed by atoms with Crippen molar-refractivity contribution in [1.29, 1.82) is 0 Å². The molecule has 0 radical (unpaired) electrons. The third-order valence-corrected chi connectivity index (χ3v) is 2.60. The van der Waals surface area contributed by atoms with Crippen molar-refractivity contribution in [3.05, 3.63) is 60.8 Å². The molecule has 0 bridgehead atoms. The van der Waals surface area contributed by atoms with Crippen molar-refractivity contribution in [1.82, 2.24) is 4.98 Å². The van der Waals surface area contributed by atoms with E-state index in [2.05, 4.69) is 24.7 Å². The molecular formula is C15H13N. The Labute approximate surface area is 95.5 Å². The van der Waals surface area contributed by atoms with Crippen LogP contribution < -0.4 is 0 Å².